The summed E-state index contributed by atoms with van der Waals surface area (Å²) >= 11 is 0. The monoisotopic (exact) mass is 522 g/mol. The maximum atomic E-state index is 5.55. The quantitative estimate of drug-likeness (QED) is 0.475. The molecule has 3 aromatic rings. The SMILES string of the molecule is CC.COc1cc2nc(-c3ccc(N4CCN(C)CC4)cc3)nc(NCCN3CCOCC3)c2cc1OC. The van der Waals surface area contributed by atoms with Crippen molar-refractivity contribution >= 4 is 22.4 Å². The van der Waals surface area contributed by atoms with Crippen molar-refractivity contribution in [2.45, 2.75) is 13.8 Å². The number of piperazine rings is 1. The Balaban J connectivity index is 0.00000164. The molecule has 0 bridgehead atoms. The number of ether oxygens (including phenoxy) is 3. The first-order valence-electron chi connectivity index (χ1n) is 13.7. The number of likely N-dealkylation sites (N-methyl/N-ethyl adjacent to an activating group) is 1. The van der Waals surface area contributed by atoms with Crippen LogP contribution in [-0.4, -0.2) is 107 Å². The van der Waals surface area contributed by atoms with E-state index in [1.165, 1.54) is 5.69 Å². The minimum atomic E-state index is 0.652. The Kier molecular flexibility index (Phi) is 9.98. The number of nitrogens with one attached hydrogen (secondary N) is 1. The topological polar surface area (TPSA) is 75.2 Å². The maximum absolute atomic E-state index is 5.55. The predicted octanol–water partition coefficient (Wildman–Crippen LogP) is 3.84. The Morgan fingerprint density at radius 2 is 1.53 bits per heavy atom. The van der Waals surface area contributed by atoms with Crippen LogP contribution < -0.4 is 19.7 Å². The van der Waals surface area contributed by atoms with Crippen molar-refractivity contribution in [1.82, 2.24) is 19.8 Å². The highest BCUT2D eigenvalue weighted by molar-refractivity contribution is 5.93. The van der Waals surface area contributed by atoms with Crippen LogP contribution in [0.5, 0.6) is 11.5 Å². The zero-order chi connectivity index (χ0) is 26.9. The lowest BCUT2D eigenvalue weighted by molar-refractivity contribution is 0.0398. The van der Waals surface area contributed by atoms with Gasteiger partial charge in [-0.1, -0.05) is 13.8 Å². The van der Waals surface area contributed by atoms with Gasteiger partial charge >= 0.3 is 0 Å². The molecular weight excluding hydrogens is 480 g/mol. The molecule has 2 fully saturated rings. The highest BCUT2D eigenvalue weighted by Crippen LogP contribution is 2.35. The lowest BCUT2D eigenvalue weighted by atomic mass is 10.1. The Labute approximate surface area is 226 Å². The third-order valence-electron chi connectivity index (χ3n) is 7.02. The summed E-state index contributed by atoms with van der Waals surface area (Å²) in [4.78, 5) is 17.1. The number of nitrogens with zero attached hydrogens (tertiary/aromatic N) is 5. The number of rotatable bonds is 8. The van der Waals surface area contributed by atoms with Gasteiger partial charge in [0.2, 0.25) is 0 Å². The van der Waals surface area contributed by atoms with E-state index < -0.39 is 0 Å². The van der Waals surface area contributed by atoms with Gasteiger partial charge in [-0.05, 0) is 37.4 Å². The molecule has 0 atom stereocenters. The summed E-state index contributed by atoms with van der Waals surface area (Å²) in [5, 5.41) is 4.47. The van der Waals surface area contributed by atoms with Crippen LogP contribution in [0.15, 0.2) is 36.4 Å². The lowest BCUT2D eigenvalue weighted by Gasteiger charge is -2.34. The molecule has 0 amide bonds. The van der Waals surface area contributed by atoms with E-state index in [2.05, 4.69) is 51.3 Å². The molecule has 5 rings (SSSR count). The van der Waals surface area contributed by atoms with Crippen molar-refractivity contribution < 1.29 is 14.2 Å². The van der Waals surface area contributed by atoms with Gasteiger partial charge in [0.1, 0.15) is 5.82 Å². The van der Waals surface area contributed by atoms with E-state index in [0.29, 0.717) is 17.3 Å². The summed E-state index contributed by atoms with van der Waals surface area (Å²) in [7, 11) is 5.46. The highest BCUT2D eigenvalue weighted by Gasteiger charge is 2.17. The molecule has 0 spiro atoms. The Morgan fingerprint density at radius 1 is 0.868 bits per heavy atom. The number of anilines is 2. The van der Waals surface area contributed by atoms with Crippen LogP contribution in [0, 0.1) is 0 Å². The maximum Gasteiger partial charge on any atom is 0.162 e. The summed E-state index contributed by atoms with van der Waals surface area (Å²) < 4.78 is 16.6. The average Bonchev–Trinajstić information content (AvgIpc) is 2.98. The Morgan fingerprint density at radius 3 is 2.18 bits per heavy atom. The molecule has 2 aromatic carbocycles. The fraction of sp³-hybridized carbons (Fsp3) is 0.517. The van der Waals surface area contributed by atoms with Crippen LogP contribution in [0.4, 0.5) is 11.5 Å². The van der Waals surface area contributed by atoms with Gasteiger partial charge in [0.15, 0.2) is 17.3 Å². The first-order valence-corrected chi connectivity index (χ1v) is 13.7. The van der Waals surface area contributed by atoms with Crippen LogP contribution in [-0.2, 0) is 4.74 Å². The zero-order valence-corrected chi connectivity index (χ0v) is 23.5. The Hall–Kier alpha value is -3.14. The average molecular weight is 523 g/mol. The Bertz CT molecular complexity index is 1160. The molecule has 0 radical (unpaired) electrons. The predicted molar refractivity (Wildman–Crippen MR) is 155 cm³/mol. The second-order valence-corrected chi connectivity index (χ2v) is 9.34. The third kappa shape index (κ3) is 6.64. The van der Waals surface area contributed by atoms with E-state index in [9.17, 15) is 0 Å². The van der Waals surface area contributed by atoms with Gasteiger partial charge in [-0.2, -0.15) is 0 Å². The van der Waals surface area contributed by atoms with E-state index in [1.807, 2.05) is 26.0 Å². The van der Waals surface area contributed by atoms with Gasteiger partial charge in [-0.15, -0.1) is 0 Å². The van der Waals surface area contributed by atoms with Crippen molar-refractivity contribution in [3.63, 3.8) is 0 Å². The molecule has 38 heavy (non-hydrogen) atoms. The summed E-state index contributed by atoms with van der Waals surface area (Å²) in [5.41, 5.74) is 3.04. The zero-order valence-electron chi connectivity index (χ0n) is 23.5. The highest BCUT2D eigenvalue weighted by atomic mass is 16.5. The minimum Gasteiger partial charge on any atom is -0.493 e. The summed E-state index contributed by atoms with van der Waals surface area (Å²) in [5.74, 6) is 2.80. The molecule has 206 valence electrons. The van der Waals surface area contributed by atoms with Crippen LogP contribution >= 0.6 is 0 Å². The number of fused-ring (bicyclic) bond motifs is 1. The molecule has 9 heteroatoms. The van der Waals surface area contributed by atoms with Gasteiger partial charge in [-0.25, -0.2) is 9.97 Å². The van der Waals surface area contributed by atoms with E-state index in [4.69, 9.17) is 24.2 Å². The molecular formula is C29H42N6O3. The largest absolute Gasteiger partial charge is 0.493 e. The molecule has 2 saturated heterocycles. The van der Waals surface area contributed by atoms with E-state index in [1.54, 1.807) is 14.2 Å². The van der Waals surface area contributed by atoms with Crippen molar-refractivity contribution in [3.05, 3.63) is 36.4 Å². The van der Waals surface area contributed by atoms with Gasteiger partial charge in [0.25, 0.3) is 0 Å². The van der Waals surface area contributed by atoms with Crippen molar-refractivity contribution in [3.8, 4) is 22.9 Å². The van der Waals surface area contributed by atoms with Gasteiger partial charge in [-0.3, -0.25) is 4.90 Å². The number of benzene rings is 2. The summed E-state index contributed by atoms with van der Waals surface area (Å²) in [6.45, 7) is 13.5. The normalized spacial score (nSPS) is 16.6. The van der Waals surface area contributed by atoms with Gasteiger partial charge in [0.05, 0.1) is 33.0 Å². The van der Waals surface area contributed by atoms with Gasteiger partial charge < -0.3 is 29.3 Å². The van der Waals surface area contributed by atoms with E-state index in [-0.39, 0.29) is 0 Å². The fourth-order valence-electron chi connectivity index (χ4n) is 4.76. The van der Waals surface area contributed by atoms with Crippen molar-refractivity contribution in [2.75, 3.05) is 97.1 Å². The molecule has 1 aromatic heterocycles. The first kappa shape index (κ1) is 27.9. The molecule has 1 N–H and O–H groups in total. The van der Waals surface area contributed by atoms with E-state index >= 15 is 0 Å². The second kappa shape index (κ2) is 13.6. The first-order chi connectivity index (χ1) is 18.6. The molecule has 2 aliphatic rings. The van der Waals surface area contributed by atoms with Crippen LogP contribution in [0.2, 0.25) is 0 Å². The molecule has 2 aliphatic heterocycles. The third-order valence-corrected chi connectivity index (χ3v) is 7.02. The number of hydrogen-bond acceptors (Lipinski definition) is 9. The summed E-state index contributed by atoms with van der Waals surface area (Å²) in [6, 6.07) is 12.5. The van der Waals surface area contributed by atoms with Crippen molar-refractivity contribution in [2.24, 2.45) is 0 Å². The molecule has 3 heterocycles. The number of hydrogen-bond donors (Lipinski definition) is 1. The molecule has 0 aliphatic carbocycles. The number of aromatic nitrogens is 2. The lowest BCUT2D eigenvalue weighted by Crippen LogP contribution is -2.44. The number of morpholine rings is 1. The standard InChI is InChI=1S/C27H36N6O3.C2H6/c1-31-10-12-33(13-11-31)21-6-4-20(5-7-21)26-29-23-19-25(35-3)24(34-2)18-22(23)27(30-26)28-8-9-32-14-16-36-17-15-32;1-2/h4-7,18-19H,8-17H2,1-3H3,(H,28,29,30);1-2H3. The summed E-state index contributed by atoms with van der Waals surface area (Å²) in [6.07, 6.45) is 0. The second-order valence-electron chi connectivity index (χ2n) is 9.34. The molecule has 0 saturated carbocycles. The molecule has 0 unspecified atom stereocenters. The smallest absolute Gasteiger partial charge is 0.162 e. The van der Waals surface area contributed by atoms with Crippen LogP contribution in [0.1, 0.15) is 13.8 Å². The van der Waals surface area contributed by atoms with Crippen molar-refractivity contribution in [1.29, 1.82) is 0 Å². The van der Waals surface area contributed by atoms with Crippen LogP contribution in [0.3, 0.4) is 0 Å². The minimum absolute atomic E-state index is 0.652. The van der Waals surface area contributed by atoms with E-state index in [0.717, 1.165) is 87.9 Å². The molecule has 9 nitrogen and oxygen atoms in total. The van der Waals surface area contributed by atoms with Crippen LogP contribution in [0.25, 0.3) is 22.3 Å². The van der Waals surface area contributed by atoms with Gasteiger partial charge in [0, 0.05) is 75.1 Å². The fourth-order valence-corrected chi connectivity index (χ4v) is 4.76. The number of methoxy groups -OCH3 is 2.